The van der Waals surface area contributed by atoms with Gasteiger partial charge in [-0.2, -0.15) is 13.2 Å². The number of carbonyl (C=O) groups excluding carboxylic acids is 1. The summed E-state index contributed by atoms with van der Waals surface area (Å²) in [6.07, 6.45) is 2.72. The summed E-state index contributed by atoms with van der Waals surface area (Å²) in [5.41, 5.74) is 2.63. The Morgan fingerprint density at radius 1 is 1.05 bits per heavy atom. The van der Waals surface area contributed by atoms with Crippen molar-refractivity contribution in [1.29, 1.82) is 0 Å². The number of hydrogen-bond donors (Lipinski definition) is 3. The number of aromatic nitrogens is 4. The normalized spacial score (nSPS) is 15.7. The zero-order chi connectivity index (χ0) is 28.6. The zero-order valence-electron chi connectivity index (χ0n) is 22.4. The largest absolute Gasteiger partial charge is 0.416 e. The van der Waals surface area contributed by atoms with Crippen LogP contribution in [-0.2, 0) is 12.7 Å². The fraction of sp³-hybridized carbons (Fsp3) is 0.345. The van der Waals surface area contributed by atoms with Gasteiger partial charge in [0.1, 0.15) is 17.4 Å². The molecule has 0 radical (unpaired) electrons. The molecule has 0 spiro atoms. The molecule has 0 unspecified atom stereocenters. The molecular weight excluding hydrogens is 533 g/mol. The SMILES string of the molecule is Cc1ccc(C(=O)Nc2cc(CN3CCCC3)cc(C(F)(F)F)c2)cc1Nc1ncnc2cnc(NC3CC3)nc12. The molecule has 212 valence electrons. The molecule has 2 fully saturated rings. The van der Waals surface area contributed by atoms with Crippen LogP contribution in [0.2, 0.25) is 0 Å². The number of benzene rings is 2. The van der Waals surface area contributed by atoms with Crippen LogP contribution in [-0.4, -0.2) is 49.9 Å². The van der Waals surface area contributed by atoms with Crippen molar-refractivity contribution in [3.63, 3.8) is 0 Å². The van der Waals surface area contributed by atoms with Crippen molar-refractivity contribution in [2.24, 2.45) is 0 Å². The number of nitrogens with one attached hydrogen (secondary N) is 3. The molecule has 1 aliphatic heterocycles. The predicted molar refractivity (Wildman–Crippen MR) is 150 cm³/mol. The maximum absolute atomic E-state index is 13.7. The molecule has 2 aromatic carbocycles. The van der Waals surface area contributed by atoms with Gasteiger partial charge in [0.2, 0.25) is 5.95 Å². The number of hydrogen-bond acceptors (Lipinski definition) is 8. The molecule has 1 saturated carbocycles. The fourth-order valence-electron chi connectivity index (χ4n) is 4.87. The molecule has 0 atom stereocenters. The van der Waals surface area contributed by atoms with E-state index in [1.54, 1.807) is 30.5 Å². The van der Waals surface area contributed by atoms with E-state index in [0.717, 1.165) is 56.5 Å². The summed E-state index contributed by atoms with van der Waals surface area (Å²) in [5.74, 6) is 0.416. The second-order valence-electron chi connectivity index (χ2n) is 10.6. The quantitative estimate of drug-likeness (QED) is 0.243. The van der Waals surface area contributed by atoms with Crippen LogP contribution in [0, 0.1) is 6.92 Å². The van der Waals surface area contributed by atoms with Crippen LogP contribution in [0.1, 0.15) is 52.7 Å². The van der Waals surface area contributed by atoms with E-state index in [2.05, 4.69) is 40.8 Å². The lowest BCUT2D eigenvalue weighted by atomic mass is 10.1. The Bertz CT molecular complexity index is 1600. The van der Waals surface area contributed by atoms with Gasteiger partial charge >= 0.3 is 6.18 Å². The lowest BCUT2D eigenvalue weighted by Crippen LogP contribution is -2.19. The average Bonchev–Trinajstić information content (AvgIpc) is 3.61. The Morgan fingerprint density at radius 2 is 1.85 bits per heavy atom. The van der Waals surface area contributed by atoms with E-state index in [-0.39, 0.29) is 11.3 Å². The van der Waals surface area contributed by atoms with Gasteiger partial charge in [-0.05, 0) is 87.2 Å². The molecule has 3 heterocycles. The molecule has 1 amide bonds. The van der Waals surface area contributed by atoms with E-state index in [1.165, 1.54) is 6.33 Å². The minimum atomic E-state index is -4.53. The molecule has 6 rings (SSSR count). The highest BCUT2D eigenvalue weighted by atomic mass is 19.4. The maximum Gasteiger partial charge on any atom is 0.416 e. The van der Waals surface area contributed by atoms with Crippen molar-refractivity contribution in [2.75, 3.05) is 29.0 Å². The number of nitrogens with zero attached hydrogens (tertiary/aromatic N) is 5. The Kier molecular flexibility index (Phi) is 7.16. The Morgan fingerprint density at radius 3 is 2.61 bits per heavy atom. The highest BCUT2D eigenvalue weighted by Crippen LogP contribution is 2.33. The molecule has 4 aromatic rings. The van der Waals surface area contributed by atoms with Crippen molar-refractivity contribution in [3.05, 3.63) is 71.2 Å². The van der Waals surface area contributed by atoms with Gasteiger partial charge < -0.3 is 16.0 Å². The monoisotopic (exact) mass is 562 g/mol. The zero-order valence-corrected chi connectivity index (χ0v) is 22.4. The lowest BCUT2D eigenvalue weighted by molar-refractivity contribution is -0.137. The molecule has 12 heteroatoms. The highest BCUT2D eigenvalue weighted by Gasteiger charge is 2.31. The second kappa shape index (κ2) is 10.9. The number of rotatable bonds is 8. The summed E-state index contributed by atoms with van der Waals surface area (Å²) >= 11 is 0. The van der Waals surface area contributed by atoms with Gasteiger partial charge in [0.15, 0.2) is 5.82 Å². The number of carbonyl (C=O) groups is 1. The van der Waals surface area contributed by atoms with Crippen molar-refractivity contribution in [1.82, 2.24) is 24.8 Å². The minimum Gasteiger partial charge on any atom is -0.351 e. The molecule has 2 aliphatic rings. The van der Waals surface area contributed by atoms with Crippen molar-refractivity contribution in [3.8, 4) is 0 Å². The van der Waals surface area contributed by atoms with Gasteiger partial charge in [0, 0.05) is 29.5 Å². The van der Waals surface area contributed by atoms with Crippen molar-refractivity contribution >= 4 is 40.1 Å². The maximum atomic E-state index is 13.7. The standard InChI is InChI=1S/C29H29F3N8O/c1-17-4-5-19(12-23(17)38-26-25-24(34-16-35-26)14-33-28(39-25)37-21-6-7-21)27(41)36-22-11-18(15-40-8-2-3-9-40)10-20(13-22)29(30,31)32/h4-5,10-14,16,21H,2-3,6-9,15H2,1H3,(H,36,41)(H,33,37,39)(H,34,35,38). The molecule has 9 nitrogen and oxygen atoms in total. The molecule has 2 aromatic heterocycles. The van der Waals surface area contributed by atoms with Gasteiger partial charge in [0.25, 0.3) is 5.91 Å². The fourth-order valence-corrected chi connectivity index (χ4v) is 4.87. The van der Waals surface area contributed by atoms with Crippen LogP contribution in [0.3, 0.4) is 0 Å². The van der Waals surface area contributed by atoms with Gasteiger partial charge in [-0.1, -0.05) is 6.07 Å². The Balaban J connectivity index is 1.24. The molecule has 3 N–H and O–H groups in total. The summed E-state index contributed by atoms with van der Waals surface area (Å²) in [6, 6.07) is 9.15. The Hall–Kier alpha value is -4.32. The first-order chi connectivity index (χ1) is 19.7. The first-order valence-corrected chi connectivity index (χ1v) is 13.6. The van der Waals surface area contributed by atoms with Gasteiger partial charge in [0.05, 0.1) is 11.8 Å². The van der Waals surface area contributed by atoms with E-state index in [4.69, 9.17) is 0 Å². The smallest absolute Gasteiger partial charge is 0.351 e. The molecule has 0 bridgehead atoms. The first kappa shape index (κ1) is 26.9. The highest BCUT2D eigenvalue weighted by molar-refractivity contribution is 6.05. The second-order valence-corrected chi connectivity index (χ2v) is 10.6. The van der Waals surface area contributed by atoms with Crippen LogP contribution < -0.4 is 16.0 Å². The number of likely N-dealkylation sites (tertiary alicyclic amines) is 1. The van der Waals surface area contributed by atoms with Crippen LogP contribution in [0.25, 0.3) is 11.0 Å². The molecule has 1 saturated heterocycles. The van der Waals surface area contributed by atoms with E-state index in [0.29, 0.717) is 46.6 Å². The summed E-state index contributed by atoms with van der Waals surface area (Å²) < 4.78 is 41.0. The van der Waals surface area contributed by atoms with Crippen LogP contribution >= 0.6 is 0 Å². The third kappa shape index (κ3) is 6.37. The summed E-state index contributed by atoms with van der Waals surface area (Å²) in [5, 5.41) is 9.18. The van der Waals surface area contributed by atoms with Gasteiger partial charge in [-0.3, -0.25) is 9.69 Å². The van der Waals surface area contributed by atoms with E-state index in [9.17, 15) is 18.0 Å². The lowest BCUT2D eigenvalue weighted by Gasteiger charge is -2.18. The van der Waals surface area contributed by atoms with Crippen LogP contribution in [0.5, 0.6) is 0 Å². The minimum absolute atomic E-state index is 0.100. The predicted octanol–water partition coefficient (Wildman–Crippen LogP) is 5.91. The number of amides is 1. The number of fused-ring (bicyclic) bond motifs is 1. The van der Waals surface area contributed by atoms with Crippen molar-refractivity contribution in [2.45, 2.75) is 51.4 Å². The summed E-state index contributed by atoms with van der Waals surface area (Å²) in [6.45, 7) is 3.98. The number of aryl methyl sites for hydroxylation is 1. The molecule has 41 heavy (non-hydrogen) atoms. The van der Waals surface area contributed by atoms with E-state index in [1.807, 2.05) is 6.92 Å². The number of anilines is 4. The number of alkyl halides is 3. The molecular formula is C29H29F3N8O. The topological polar surface area (TPSA) is 108 Å². The third-order valence-electron chi connectivity index (χ3n) is 7.22. The van der Waals surface area contributed by atoms with Crippen LogP contribution in [0.15, 0.2) is 48.9 Å². The first-order valence-electron chi connectivity index (χ1n) is 13.6. The average molecular weight is 563 g/mol. The number of halogens is 3. The van der Waals surface area contributed by atoms with Crippen LogP contribution in [0.4, 0.5) is 36.3 Å². The summed E-state index contributed by atoms with van der Waals surface area (Å²) in [4.78, 5) is 32.8. The van der Waals surface area contributed by atoms with Gasteiger partial charge in [-0.15, -0.1) is 0 Å². The van der Waals surface area contributed by atoms with E-state index < -0.39 is 17.6 Å². The van der Waals surface area contributed by atoms with Crippen molar-refractivity contribution < 1.29 is 18.0 Å². The Labute approximate surface area is 234 Å². The molecule has 1 aliphatic carbocycles. The van der Waals surface area contributed by atoms with E-state index >= 15 is 0 Å². The summed E-state index contributed by atoms with van der Waals surface area (Å²) in [7, 11) is 0. The third-order valence-corrected chi connectivity index (χ3v) is 7.22. The van der Waals surface area contributed by atoms with Gasteiger partial charge in [-0.25, -0.2) is 19.9 Å².